The highest BCUT2D eigenvalue weighted by Crippen LogP contribution is 2.32. The first kappa shape index (κ1) is 10.6. The molecule has 2 nitrogen and oxygen atoms in total. The Morgan fingerprint density at radius 2 is 1.73 bits per heavy atom. The molecule has 1 heterocycles. The number of halogens is 2. The van der Waals surface area contributed by atoms with Crippen LogP contribution < -0.4 is 4.90 Å². The highest BCUT2D eigenvalue weighted by atomic mass is 35.5. The minimum absolute atomic E-state index is 0.441. The molecule has 1 fully saturated rings. The van der Waals surface area contributed by atoms with Crippen molar-refractivity contribution in [1.29, 1.82) is 5.26 Å². The lowest BCUT2D eigenvalue weighted by molar-refractivity contribution is 0.949. The van der Waals surface area contributed by atoms with E-state index in [2.05, 4.69) is 11.0 Å². The van der Waals surface area contributed by atoms with Gasteiger partial charge in [-0.25, -0.2) is 0 Å². The van der Waals surface area contributed by atoms with Gasteiger partial charge in [0, 0.05) is 13.1 Å². The van der Waals surface area contributed by atoms with Gasteiger partial charge in [0.25, 0.3) is 0 Å². The first-order chi connectivity index (χ1) is 7.22. The van der Waals surface area contributed by atoms with E-state index in [-0.39, 0.29) is 0 Å². The van der Waals surface area contributed by atoms with E-state index in [1.54, 1.807) is 12.1 Å². The average molecular weight is 241 g/mol. The average Bonchev–Trinajstić information content (AvgIpc) is 2.74. The summed E-state index contributed by atoms with van der Waals surface area (Å²) in [6, 6.07) is 5.58. The van der Waals surface area contributed by atoms with Crippen molar-refractivity contribution in [3.8, 4) is 6.07 Å². The van der Waals surface area contributed by atoms with Crippen LogP contribution in [-0.4, -0.2) is 13.1 Å². The van der Waals surface area contributed by atoms with Crippen molar-refractivity contribution in [2.75, 3.05) is 18.0 Å². The maximum atomic E-state index is 9.02. The summed E-state index contributed by atoms with van der Waals surface area (Å²) in [5, 5.41) is 9.97. The molecule has 0 unspecified atom stereocenters. The number of rotatable bonds is 1. The molecule has 0 amide bonds. The minimum Gasteiger partial charge on any atom is -0.370 e. The van der Waals surface area contributed by atoms with Crippen molar-refractivity contribution < 1.29 is 0 Å². The molecule has 0 bridgehead atoms. The van der Waals surface area contributed by atoms with Crippen molar-refractivity contribution >= 4 is 28.9 Å². The second-order valence-corrected chi connectivity index (χ2v) is 4.40. The first-order valence-corrected chi connectivity index (χ1v) is 5.62. The van der Waals surface area contributed by atoms with Crippen molar-refractivity contribution in [1.82, 2.24) is 0 Å². The predicted molar refractivity (Wildman–Crippen MR) is 62.6 cm³/mol. The van der Waals surface area contributed by atoms with Crippen LogP contribution in [-0.2, 0) is 0 Å². The summed E-state index contributed by atoms with van der Waals surface area (Å²) in [4.78, 5) is 2.18. The summed E-state index contributed by atoms with van der Waals surface area (Å²) < 4.78 is 0. The monoisotopic (exact) mass is 240 g/mol. The zero-order valence-electron chi connectivity index (χ0n) is 8.13. The topological polar surface area (TPSA) is 27.0 Å². The SMILES string of the molecule is N#Cc1cc(Cl)c(Cl)cc1N1CCCC1. The molecule has 78 valence electrons. The molecule has 2 rings (SSSR count). The third-order valence-electron chi connectivity index (χ3n) is 2.61. The summed E-state index contributed by atoms with van der Waals surface area (Å²) in [6.07, 6.45) is 2.34. The van der Waals surface area contributed by atoms with Gasteiger partial charge >= 0.3 is 0 Å². The van der Waals surface area contributed by atoms with Crippen LogP contribution in [0.2, 0.25) is 10.0 Å². The van der Waals surface area contributed by atoms with Gasteiger partial charge < -0.3 is 4.90 Å². The molecule has 0 saturated carbocycles. The summed E-state index contributed by atoms with van der Waals surface area (Å²) in [5.41, 5.74) is 1.51. The van der Waals surface area contributed by atoms with Gasteiger partial charge in [-0.3, -0.25) is 0 Å². The first-order valence-electron chi connectivity index (χ1n) is 4.86. The Bertz CT molecular complexity index is 417. The number of hydrogen-bond acceptors (Lipinski definition) is 2. The van der Waals surface area contributed by atoms with Crippen LogP contribution in [0.3, 0.4) is 0 Å². The molecule has 0 aromatic heterocycles. The standard InChI is InChI=1S/C11H10Cl2N2/c12-9-5-8(7-14)11(6-10(9)13)15-3-1-2-4-15/h5-6H,1-4H2. The van der Waals surface area contributed by atoms with Crippen LogP contribution >= 0.6 is 23.2 Å². The molecule has 1 aromatic rings. The summed E-state index contributed by atoms with van der Waals surface area (Å²) >= 11 is 11.8. The third-order valence-corrected chi connectivity index (χ3v) is 3.33. The highest BCUT2D eigenvalue weighted by Gasteiger charge is 2.17. The molecule has 15 heavy (non-hydrogen) atoms. The zero-order valence-corrected chi connectivity index (χ0v) is 9.65. The van der Waals surface area contributed by atoms with E-state index in [9.17, 15) is 0 Å². The Hall–Kier alpha value is -0.910. The summed E-state index contributed by atoms with van der Waals surface area (Å²) in [6.45, 7) is 1.99. The smallest absolute Gasteiger partial charge is 0.101 e. The van der Waals surface area contributed by atoms with E-state index in [0.29, 0.717) is 15.6 Å². The molecule has 1 aliphatic heterocycles. The molecule has 0 N–H and O–H groups in total. The summed E-state index contributed by atoms with van der Waals surface area (Å²) in [5.74, 6) is 0. The number of nitrogens with zero attached hydrogens (tertiary/aromatic N) is 2. The fourth-order valence-electron chi connectivity index (χ4n) is 1.85. The molecule has 1 aromatic carbocycles. The van der Waals surface area contributed by atoms with Crippen LogP contribution in [0.15, 0.2) is 12.1 Å². The van der Waals surface area contributed by atoms with Gasteiger partial charge in [-0.05, 0) is 25.0 Å². The zero-order chi connectivity index (χ0) is 10.8. The number of hydrogen-bond donors (Lipinski definition) is 0. The van der Waals surface area contributed by atoms with Crippen LogP contribution in [0.4, 0.5) is 5.69 Å². The highest BCUT2D eigenvalue weighted by molar-refractivity contribution is 6.42. The van der Waals surface area contributed by atoms with Crippen LogP contribution in [0.25, 0.3) is 0 Å². The van der Waals surface area contributed by atoms with Gasteiger partial charge in [0.15, 0.2) is 0 Å². The molecule has 4 heteroatoms. The lowest BCUT2D eigenvalue weighted by Crippen LogP contribution is -2.18. The second-order valence-electron chi connectivity index (χ2n) is 3.59. The van der Waals surface area contributed by atoms with Gasteiger partial charge in [-0.1, -0.05) is 23.2 Å². The van der Waals surface area contributed by atoms with E-state index in [1.165, 1.54) is 12.8 Å². The number of nitriles is 1. The van der Waals surface area contributed by atoms with Gasteiger partial charge in [0.05, 0.1) is 21.3 Å². The molecule has 1 aliphatic rings. The molecular formula is C11H10Cl2N2. The summed E-state index contributed by atoms with van der Waals surface area (Å²) in [7, 11) is 0. The quantitative estimate of drug-likeness (QED) is 0.752. The molecule has 0 radical (unpaired) electrons. The number of anilines is 1. The Morgan fingerprint density at radius 1 is 1.13 bits per heavy atom. The Balaban J connectivity index is 2.45. The van der Waals surface area contributed by atoms with E-state index < -0.39 is 0 Å². The van der Waals surface area contributed by atoms with Gasteiger partial charge in [0.2, 0.25) is 0 Å². The lowest BCUT2D eigenvalue weighted by Gasteiger charge is -2.19. The van der Waals surface area contributed by atoms with E-state index in [0.717, 1.165) is 18.8 Å². The van der Waals surface area contributed by atoms with Gasteiger partial charge in [0.1, 0.15) is 6.07 Å². The van der Waals surface area contributed by atoms with Crippen molar-refractivity contribution in [3.05, 3.63) is 27.7 Å². The van der Waals surface area contributed by atoms with Crippen LogP contribution in [0.5, 0.6) is 0 Å². The normalized spacial score (nSPS) is 15.4. The van der Waals surface area contributed by atoms with E-state index in [4.69, 9.17) is 28.5 Å². The fourth-order valence-corrected chi connectivity index (χ4v) is 2.17. The molecule has 0 spiro atoms. The van der Waals surface area contributed by atoms with Gasteiger partial charge in [-0.15, -0.1) is 0 Å². The Labute approximate surface area is 99.0 Å². The minimum atomic E-state index is 0.441. The number of benzene rings is 1. The molecule has 1 saturated heterocycles. The lowest BCUT2D eigenvalue weighted by atomic mass is 10.2. The van der Waals surface area contributed by atoms with E-state index >= 15 is 0 Å². The van der Waals surface area contributed by atoms with Crippen LogP contribution in [0, 0.1) is 11.3 Å². The van der Waals surface area contributed by atoms with E-state index in [1.807, 2.05) is 0 Å². The molecule has 0 atom stereocenters. The largest absolute Gasteiger partial charge is 0.370 e. The predicted octanol–water partition coefficient (Wildman–Crippen LogP) is 3.47. The molecular weight excluding hydrogens is 231 g/mol. The van der Waals surface area contributed by atoms with Crippen LogP contribution in [0.1, 0.15) is 18.4 Å². The maximum absolute atomic E-state index is 9.02. The Kier molecular flexibility index (Phi) is 3.04. The second kappa shape index (κ2) is 4.30. The fraction of sp³-hybridized carbons (Fsp3) is 0.364. The Morgan fingerprint density at radius 3 is 2.33 bits per heavy atom. The van der Waals surface area contributed by atoms with Gasteiger partial charge in [-0.2, -0.15) is 5.26 Å². The van der Waals surface area contributed by atoms with Crippen molar-refractivity contribution in [2.24, 2.45) is 0 Å². The maximum Gasteiger partial charge on any atom is 0.101 e. The van der Waals surface area contributed by atoms with Crippen molar-refractivity contribution in [3.63, 3.8) is 0 Å². The molecule has 0 aliphatic carbocycles. The third kappa shape index (κ3) is 2.04. The van der Waals surface area contributed by atoms with Crippen molar-refractivity contribution in [2.45, 2.75) is 12.8 Å².